The summed E-state index contributed by atoms with van der Waals surface area (Å²) in [6.45, 7) is 3.40. The molecule has 0 radical (unpaired) electrons. The summed E-state index contributed by atoms with van der Waals surface area (Å²) in [4.78, 5) is 11.8. The summed E-state index contributed by atoms with van der Waals surface area (Å²) < 4.78 is 13.4. The molecule has 0 aliphatic rings. The Morgan fingerprint density at radius 2 is 2.16 bits per heavy atom. The van der Waals surface area contributed by atoms with E-state index in [2.05, 4.69) is 10.5 Å². The van der Waals surface area contributed by atoms with Gasteiger partial charge >= 0.3 is 0 Å². The van der Waals surface area contributed by atoms with Crippen molar-refractivity contribution in [1.82, 2.24) is 5.32 Å². The van der Waals surface area contributed by atoms with Crippen molar-refractivity contribution in [2.45, 2.75) is 13.8 Å². The lowest BCUT2D eigenvalue weighted by atomic mass is 9.92. The van der Waals surface area contributed by atoms with Crippen molar-refractivity contribution in [3.05, 3.63) is 29.6 Å². The van der Waals surface area contributed by atoms with Gasteiger partial charge in [0, 0.05) is 18.0 Å². The fourth-order valence-corrected chi connectivity index (χ4v) is 1.31. The van der Waals surface area contributed by atoms with Crippen LogP contribution in [0.25, 0.3) is 0 Å². The zero-order valence-electron chi connectivity index (χ0n) is 10.6. The quantitative estimate of drug-likeness (QED) is 0.283. The number of rotatable bonds is 4. The summed E-state index contributed by atoms with van der Waals surface area (Å²) in [5.74, 6) is -1.76. The monoisotopic (exact) mass is 269 g/mol. The van der Waals surface area contributed by atoms with Crippen molar-refractivity contribution in [2.75, 3.05) is 6.54 Å². The molecule has 104 valence electrons. The van der Waals surface area contributed by atoms with E-state index in [1.165, 1.54) is 12.1 Å². The molecule has 1 amide bonds. The second kappa shape index (κ2) is 5.55. The van der Waals surface area contributed by atoms with Crippen LogP contribution >= 0.6 is 0 Å². The fourth-order valence-electron chi connectivity index (χ4n) is 1.31. The van der Waals surface area contributed by atoms with E-state index in [0.29, 0.717) is 0 Å². The molecule has 0 aliphatic carbocycles. The molecule has 0 aliphatic heterocycles. The Bertz CT molecular complexity index is 515. The molecular formula is C12H16FN3O3. The van der Waals surface area contributed by atoms with Gasteiger partial charge in [0.15, 0.2) is 0 Å². The summed E-state index contributed by atoms with van der Waals surface area (Å²) in [5, 5.41) is 23.0. The largest absolute Gasteiger partial charge is 0.508 e. The van der Waals surface area contributed by atoms with E-state index in [4.69, 9.17) is 16.0 Å². The Kier molecular flexibility index (Phi) is 4.31. The predicted molar refractivity (Wildman–Crippen MR) is 67.6 cm³/mol. The van der Waals surface area contributed by atoms with Gasteiger partial charge in [-0.15, -0.1) is 0 Å². The molecule has 1 aromatic rings. The van der Waals surface area contributed by atoms with Crippen LogP contribution in [-0.2, 0) is 0 Å². The van der Waals surface area contributed by atoms with Crippen LogP contribution in [0.15, 0.2) is 23.4 Å². The van der Waals surface area contributed by atoms with Crippen LogP contribution in [0.1, 0.15) is 24.2 Å². The van der Waals surface area contributed by atoms with Crippen molar-refractivity contribution in [2.24, 2.45) is 16.3 Å². The molecule has 0 aromatic heterocycles. The third-order valence-electron chi connectivity index (χ3n) is 2.69. The van der Waals surface area contributed by atoms with E-state index in [0.717, 1.165) is 6.07 Å². The van der Waals surface area contributed by atoms with Crippen LogP contribution < -0.4 is 11.1 Å². The molecule has 0 saturated heterocycles. The van der Waals surface area contributed by atoms with Gasteiger partial charge in [-0.1, -0.05) is 19.0 Å². The summed E-state index contributed by atoms with van der Waals surface area (Å²) >= 11 is 0. The highest BCUT2D eigenvalue weighted by molar-refractivity contribution is 5.95. The highest BCUT2D eigenvalue weighted by Gasteiger charge is 2.25. The SMILES string of the molecule is CC(C)(CNC(=O)c1ccc(O)cc1F)/C(N)=N/O. The number of hydrogen-bond donors (Lipinski definition) is 4. The van der Waals surface area contributed by atoms with Crippen LogP contribution in [-0.4, -0.2) is 28.6 Å². The lowest BCUT2D eigenvalue weighted by molar-refractivity contribution is 0.0940. The zero-order valence-corrected chi connectivity index (χ0v) is 10.6. The minimum Gasteiger partial charge on any atom is -0.508 e. The number of amides is 1. The molecular weight excluding hydrogens is 253 g/mol. The third-order valence-corrected chi connectivity index (χ3v) is 2.69. The van der Waals surface area contributed by atoms with E-state index in [1.54, 1.807) is 13.8 Å². The molecule has 0 fully saturated rings. The number of carbonyl (C=O) groups is 1. The van der Waals surface area contributed by atoms with Crippen molar-refractivity contribution in [1.29, 1.82) is 0 Å². The molecule has 6 nitrogen and oxygen atoms in total. The zero-order chi connectivity index (χ0) is 14.6. The molecule has 1 rings (SSSR count). The Hall–Kier alpha value is -2.31. The molecule has 5 N–H and O–H groups in total. The van der Waals surface area contributed by atoms with Crippen LogP contribution in [0.2, 0.25) is 0 Å². The number of oxime groups is 1. The molecule has 0 saturated carbocycles. The Labute approximate surface area is 109 Å². The van der Waals surface area contributed by atoms with Crippen LogP contribution in [0.5, 0.6) is 5.75 Å². The maximum atomic E-state index is 13.4. The Morgan fingerprint density at radius 3 is 2.68 bits per heavy atom. The molecule has 19 heavy (non-hydrogen) atoms. The number of nitrogens with two attached hydrogens (primary N) is 1. The number of nitrogens with zero attached hydrogens (tertiary/aromatic N) is 1. The topological polar surface area (TPSA) is 108 Å². The number of aromatic hydroxyl groups is 1. The minimum absolute atomic E-state index is 0.0426. The number of phenols is 1. The van der Waals surface area contributed by atoms with Crippen molar-refractivity contribution >= 4 is 11.7 Å². The molecule has 7 heteroatoms. The minimum atomic E-state index is -0.820. The Morgan fingerprint density at radius 1 is 1.53 bits per heavy atom. The van der Waals surface area contributed by atoms with Gasteiger partial charge in [-0.3, -0.25) is 4.79 Å². The normalized spacial score (nSPS) is 12.3. The standard InChI is InChI=1S/C12H16FN3O3/c1-12(2,11(14)16-19)6-15-10(18)8-4-3-7(17)5-9(8)13/h3-5,17,19H,6H2,1-2H3,(H2,14,16)(H,15,18). The van der Waals surface area contributed by atoms with Gasteiger partial charge in [0.2, 0.25) is 0 Å². The van der Waals surface area contributed by atoms with E-state index in [1.807, 2.05) is 0 Å². The van der Waals surface area contributed by atoms with Gasteiger partial charge in [0.05, 0.1) is 5.56 Å². The molecule has 1 aromatic carbocycles. The predicted octanol–water partition coefficient (Wildman–Crippen LogP) is 1.03. The van der Waals surface area contributed by atoms with Gasteiger partial charge < -0.3 is 21.4 Å². The smallest absolute Gasteiger partial charge is 0.254 e. The maximum Gasteiger partial charge on any atom is 0.254 e. The highest BCUT2D eigenvalue weighted by atomic mass is 19.1. The van der Waals surface area contributed by atoms with Gasteiger partial charge in [-0.25, -0.2) is 4.39 Å². The molecule has 0 unspecified atom stereocenters. The molecule has 0 atom stereocenters. The number of carbonyl (C=O) groups excluding carboxylic acids is 1. The first kappa shape index (κ1) is 14.7. The van der Waals surface area contributed by atoms with Crippen molar-refractivity contribution < 1.29 is 19.5 Å². The number of hydrogen-bond acceptors (Lipinski definition) is 4. The van der Waals surface area contributed by atoms with E-state index in [9.17, 15) is 9.18 Å². The van der Waals surface area contributed by atoms with Gasteiger partial charge in [-0.2, -0.15) is 0 Å². The maximum absolute atomic E-state index is 13.4. The van der Waals surface area contributed by atoms with E-state index >= 15 is 0 Å². The number of phenolic OH excluding ortho intramolecular Hbond substituents is 1. The fraction of sp³-hybridized carbons (Fsp3) is 0.333. The molecule has 0 heterocycles. The van der Waals surface area contributed by atoms with Gasteiger partial charge in [0.25, 0.3) is 5.91 Å². The van der Waals surface area contributed by atoms with Gasteiger partial charge in [0.1, 0.15) is 17.4 Å². The average Bonchev–Trinajstić information content (AvgIpc) is 2.35. The van der Waals surface area contributed by atoms with E-state index in [-0.39, 0.29) is 23.7 Å². The van der Waals surface area contributed by atoms with Crippen LogP contribution in [0, 0.1) is 11.2 Å². The Balaban J connectivity index is 2.76. The molecule has 0 spiro atoms. The average molecular weight is 269 g/mol. The first-order valence-corrected chi connectivity index (χ1v) is 5.52. The number of amidine groups is 1. The van der Waals surface area contributed by atoms with Gasteiger partial charge in [-0.05, 0) is 12.1 Å². The van der Waals surface area contributed by atoms with Crippen molar-refractivity contribution in [3.8, 4) is 5.75 Å². The van der Waals surface area contributed by atoms with Crippen LogP contribution in [0.3, 0.4) is 0 Å². The second-order valence-corrected chi connectivity index (χ2v) is 4.72. The first-order valence-electron chi connectivity index (χ1n) is 5.52. The number of halogens is 1. The second-order valence-electron chi connectivity index (χ2n) is 4.72. The summed E-state index contributed by atoms with van der Waals surface area (Å²) in [5.41, 5.74) is 4.51. The van der Waals surface area contributed by atoms with E-state index < -0.39 is 17.1 Å². The van der Waals surface area contributed by atoms with Crippen LogP contribution in [0.4, 0.5) is 4.39 Å². The molecule has 0 bridgehead atoms. The summed E-state index contributed by atoms with van der Waals surface area (Å²) in [7, 11) is 0. The highest BCUT2D eigenvalue weighted by Crippen LogP contribution is 2.16. The third kappa shape index (κ3) is 3.57. The summed E-state index contributed by atoms with van der Waals surface area (Å²) in [6, 6.07) is 3.24. The first-order chi connectivity index (χ1) is 8.77. The number of benzene rings is 1. The lowest BCUT2D eigenvalue weighted by Gasteiger charge is -2.23. The lowest BCUT2D eigenvalue weighted by Crippen LogP contribution is -2.42. The van der Waals surface area contributed by atoms with Crippen molar-refractivity contribution in [3.63, 3.8) is 0 Å². The summed E-state index contributed by atoms with van der Waals surface area (Å²) in [6.07, 6.45) is 0. The number of nitrogens with one attached hydrogen (secondary N) is 1.